The van der Waals surface area contributed by atoms with Crippen molar-refractivity contribution >= 4 is 16.7 Å². The first-order valence-corrected chi connectivity index (χ1v) is 9.76. The summed E-state index contributed by atoms with van der Waals surface area (Å²) in [6, 6.07) is 14.2. The molecule has 3 aromatic carbocycles. The van der Waals surface area contributed by atoms with Crippen LogP contribution in [0.1, 0.15) is 28.4 Å². The second-order valence-electron chi connectivity index (χ2n) is 6.73. The third-order valence-corrected chi connectivity index (χ3v) is 4.97. The Balaban J connectivity index is 0.000000207. The highest BCUT2D eigenvalue weighted by atomic mass is 16.5. The lowest BCUT2D eigenvalue weighted by molar-refractivity contribution is 0.1000. The van der Waals surface area contributed by atoms with Crippen LogP contribution in [0, 0.1) is 0 Å². The van der Waals surface area contributed by atoms with Gasteiger partial charge < -0.3 is 24.1 Å². The lowest BCUT2D eigenvalue weighted by Crippen LogP contribution is -2.15. The van der Waals surface area contributed by atoms with Gasteiger partial charge in [0.1, 0.15) is 5.75 Å². The summed E-state index contributed by atoms with van der Waals surface area (Å²) in [4.78, 5) is 14.4. The highest BCUT2D eigenvalue weighted by molar-refractivity contribution is 6.09. The van der Waals surface area contributed by atoms with E-state index in [-0.39, 0.29) is 5.56 Å². The van der Waals surface area contributed by atoms with Gasteiger partial charge in [0, 0.05) is 27.8 Å². The van der Waals surface area contributed by atoms with Crippen LogP contribution in [0.4, 0.5) is 0 Å². The number of aliphatic hydroxyl groups excluding tert-OH is 1. The summed E-state index contributed by atoms with van der Waals surface area (Å²) in [7, 11) is 4.77. The lowest BCUT2D eigenvalue weighted by Gasteiger charge is -2.24. The van der Waals surface area contributed by atoms with E-state index in [2.05, 4.69) is 10.0 Å². The quantitative estimate of drug-likeness (QED) is 0.355. The van der Waals surface area contributed by atoms with Gasteiger partial charge in [-0.25, -0.2) is 0 Å². The number of aliphatic hydroxyl groups is 1. The average Bonchev–Trinajstić information content (AvgIpc) is 2.83. The number of rotatable bonds is 4. The van der Waals surface area contributed by atoms with Gasteiger partial charge in [0.25, 0.3) is 0 Å². The van der Waals surface area contributed by atoms with Crippen LogP contribution in [0.3, 0.4) is 0 Å². The maximum Gasteiger partial charge on any atom is 0.249 e. The Kier molecular flexibility index (Phi) is 7.38. The van der Waals surface area contributed by atoms with E-state index >= 15 is 0 Å². The smallest absolute Gasteiger partial charge is 0.249 e. The van der Waals surface area contributed by atoms with Gasteiger partial charge in [-0.15, -0.1) is 0 Å². The number of fused-ring (bicyclic) bond motifs is 3. The Morgan fingerprint density at radius 3 is 2.31 bits per heavy atom. The van der Waals surface area contributed by atoms with Gasteiger partial charge in [0.05, 0.1) is 34.0 Å². The minimum absolute atomic E-state index is 0.279. The number of ether oxygens (including phenoxy) is 4. The molecule has 1 aliphatic heterocycles. The molecule has 0 saturated heterocycles. The summed E-state index contributed by atoms with van der Waals surface area (Å²) in [6.45, 7) is 0.432. The topological polar surface area (TPSA) is 123 Å². The third kappa shape index (κ3) is 4.54. The van der Waals surface area contributed by atoms with Crippen LogP contribution < -0.4 is 18.9 Å². The molecule has 0 saturated carbocycles. The summed E-state index contributed by atoms with van der Waals surface area (Å²) < 4.78 is 20.9. The molecular formula is C23H23N3O6. The number of hydrogen-bond acceptors (Lipinski definition) is 6. The molecule has 0 bridgehead atoms. The molecule has 0 aliphatic carbocycles. The fraction of sp³-hybridized carbons (Fsp3) is 0.261. The zero-order chi connectivity index (χ0) is 23.1. The molecule has 1 aliphatic rings. The molecule has 0 radical (unpaired) electrons. The van der Waals surface area contributed by atoms with Crippen molar-refractivity contribution in [1.82, 2.24) is 0 Å². The van der Waals surface area contributed by atoms with E-state index in [1.54, 1.807) is 39.5 Å². The van der Waals surface area contributed by atoms with Crippen LogP contribution in [0.15, 0.2) is 53.6 Å². The Hall–Kier alpha value is -3.94. The normalized spacial score (nSPS) is 14.1. The minimum atomic E-state index is -0.680. The number of hydrogen-bond donors (Lipinski definition) is 1. The number of methoxy groups -OCH3 is 3. The fourth-order valence-corrected chi connectivity index (χ4v) is 3.50. The third-order valence-electron chi connectivity index (χ3n) is 4.97. The second kappa shape index (κ2) is 10.4. The molecule has 9 nitrogen and oxygen atoms in total. The van der Waals surface area contributed by atoms with Gasteiger partial charge in [-0.1, -0.05) is 30.3 Å². The molecule has 1 amide bonds. The van der Waals surface area contributed by atoms with Gasteiger partial charge in [-0.3, -0.25) is 4.79 Å². The number of benzene rings is 3. The zero-order valence-electron chi connectivity index (χ0n) is 17.9. The number of carbonyl (C=O) groups is 1. The standard InChI is InChI=1S/C14H11N3O3.C9H12O3/c15-17-16-14(19)10-7-11-12(18)5-6-20-13(11)9-4-2-1-3-8(9)10;1-10-7-5-4-6-8(11-2)9(7)12-3/h1-4,7,12,18H,5-6H2;4-6H,1-3H3. The maximum absolute atomic E-state index is 11.9. The van der Waals surface area contributed by atoms with Crippen molar-refractivity contribution in [2.45, 2.75) is 12.5 Å². The fourth-order valence-electron chi connectivity index (χ4n) is 3.50. The zero-order valence-corrected chi connectivity index (χ0v) is 17.9. The first-order valence-electron chi connectivity index (χ1n) is 9.76. The van der Waals surface area contributed by atoms with E-state index in [0.29, 0.717) is 47.0 Å². The van der Waals surface area contributed by atoms with Gasteiger partial charge >= 0.3 is 0 Å². The highest BCUT2D eigenvalue weighted by Gasteiger charge is 2.24. The molecule has 166 valence electrons. The summed E-state index contributed by atoms with van der Waals surface area (Å²) in [5.41, 5.74) is 9.26. The lowest BCUT2D eigenvalue weighted by atomic mass is 9.94. The van der Waals surface area contributed by atoms with Gasteiger partial charge in [0.15, 0.2) is 11.5 Å². The number of amides is 1. The molecule has 1 heterocycles. The number of para-hydroxylation sites is 1. The minimum Gasteiger partial charge on any atom is -0.493 e. The van der Waals surface area contributed by atoms with Crippen LogP contribution in [0.2, 0.25) is 0 Å². The van der Waals surface area contributed by atoms with Crippen molar-refractivity contribution in [3.8, 4) is 23.0 Å². The number of azide groups is 1. The van der Waals surface area contributed by atoms with E-state index in [1.165, 1.54) is 0 Å². The van der Waals surface area contributed by atoms with Crippen LogP contribution in [-0.4, -0.2) is 38.9 Å². The Labute approximate surface area is 184 Å². The molecule has 4 rings (SSSR count). The molecule has 0 aromatic heterocycles. The number of carbonyl (C=O) groups excluding carboxylic acids is 1. The van der Waals surface area contributed by atoms with Crippen LogP contribution >= 0.6 is 0 Å². The molecule has 1 atom stereocenters. The van der Waals surface area contributed by atoms with Crippen molar-refractivity contribution in [1.29, 1.82) is 0 Å². The summed E-state index contributed by atoms with van der Waals surface area (Å²) in [6.07, 6.45) is -0.207. The molecule has 3 aromatic rings. The Morgan fingerprint density at radius 1 is 1.06 bits per heavy atom. The molecule has 1 N–H and O–H groups in total. The van der Waals surface area contributed by atoms with Gasteiger partial charge in [-0.2, -0.15) is 0 Å². The van der Waals surface area contributed by atoms with Crippen molar-refractivity contribution in [2.24, 2.45) is 5.11 Å². The second-order valence-corrected chi connectivity index (χ2v) is 6.73. The van der Waals surface area contributed by atoms with Crippen molar-refractivity contribution in [2.75, 3.05) is 27.9 Å². The Bertz CT molecular complexity index is 1150. The van der Waals surface area contributed by atoms with Crippen LogP contribution in [0.25, 0.3) is 21.2 Å². The van der Waals surface area contributed by atoms with E-state index < -0.39 is 12.0 Å². The number of nitrogens with zero attached hydrogens (tertiary/aromatic N) is 3. The first-order chi connectivity index (χ1) is 15.5. The van der Waals surface area contributed by atoms with E-state index in [0.717, 1.165) is 5.39 Å². The summed E-state index contributed by atoms with van der Waals surface area (Å²) >= 11 is 0. The molecule has 0 spiro atoms. The first kappa shape index (κ1) is 22.7. The van der Waals surface area contributed by atoms with E-state index in [1.807, 2.05) is 30.3 Å². The predicted molar refractivity (Wildman–Crippen MR) is 119 cm³/mol. The SMILES string of the molecule is COc1cccc(OC)c1OC.[N-]=[N+]=NC(=O)c1cc2c(c3ccccc13)OCCC2O. The van der Waals surface area contributed by atoms with E-state index in [4.69, 9.17) is 24.5 Å². The summed E-state index contributed by atoms with van der Waals surface area (Å²) in [5.74, 6) is 1.91. The van der Waals surface area contributed by atoms with Crippen LogP contribution in [-0.2, 0) is 0 Å². The molecule has 9 heteroatoms. The van der Waals surface area contributed by atoms with Crippen LogP contribution in [0.5, 0.6) is 23.0 Å². The molecular weight excluding hydrogens is 414 g/mol. The Morgan fingerprint density at radius 2 is 1.72 bits per heavy atom. The van der Waals surface area contributed by atoms with Gasteiger partial charge in [-0.05, 0) is 34.2 Å². The average molecular weight is 437 g/mol. The molecule has 32 heavy (non-hydrogen) atoms. The van der Waals surface area contributed by atoms with Crippen molar-refractivity contribution in [3.05, 3.63) is 70.1 Å². The van der Waals surface area contributed by atoms with Gasteiger partial charge in [0.2, 0.25) is 11.7 Å². The largest absolute Gasteiger partial charge is 0.493 e. The molecule has 0 fully saturated rings. The monoisotopic (exact) mass is 437 g/mol. The maximum atomic E-state index is 11.9. The predicted octanol–water partition coefficient (Wildman–Crippen LogP) is 4.82. The van der Waals surface area contributed by atoms with Crippen molar-refractivity contribution in [3.63, 3.8) is 0 Å². The summed E-state index contributed by atoms with van der Waals surface area (Å²) in [5, 5.41) is 14.6. The van der Waals surface area contributed by atoms with E-state index in [9.17, 15) is 9.90 Å². The molecule has 1 unspecified atom stereocenters. The highest BCUT2D eigenvalue weighted by Crippen LogP contribution is 2.40. The van der Waals surface area contributed by atoms with Crippen molar-refractivity contribution < 1.29 is 28.8 Å².